The second-order valence-electron chi connectivity index (χ2n) is 8.99. The van der Waals surface area contributed by atoms with Gasteiger partial charge in [0.25, 0.3) is 0 Å². The molecule has 0 N–H and O–H groups in total. The highest BCUT2D eigenvalue weighted by molar-refractivity contribution is 5.73. The number of piperidine rings is 1. The number of amides is 1. The first-order valence-electron chi connectivity index (χ1n) is 10.5. The number of pyridine rings is 1. The fourth-order valence-corrected chi connectivity index (χ4v) is 4.91. The van der Waals surface area contributed by atoms with E-state index in [4.69, 9.17) is 9.72 Å². The van der Waals surface area contributed by atoms with E-state index in [9.17, 15) is 4.79 Å². The third kappa shape index (κ3) is 4.52. The van der Waals surface area contributed by atoms with Crippen molar-refractivity contribution in [3.8, 4) is 0 Å². The molecule has 3 fully saturated rings. The first-order valence-corrected chi connectivity index (χ1v) is 10.5. The lowest BCUT2D eigenvalue weighted by atomic mass is 9.71. The molecule has 0 bridgehead atoms. The van der Waals surface area contributed by atoms with Crippen molar-refractivity contribution in [2.24, 2.45) is 17.3 Å². The number of carbonyl (C=O) groups excluding carboxylic acids is 1. The minimum Gasteiger partial charge on any atom is -0.381 e. The Kier molecular flexibility index (Phi) is 5.51. The van der Waals surface area contributed by atoms with Crippen LogP contribution in [-0.2, 0) is 16.1 Å². The maximum atomic E-state index is 11.8. The molecule has 1 saturated carbocycles. The number of carbonyl (C=O) groups is 1. The van der Waals surface area contributed by atoms with Crippen LogP contribution < -0.4 is 0 Å². The summed E-state index contributed by atoms with van der Waals surface area (Å²) < 4.78 is 6.14. The van der Waals surface area contributed by atoms with Gasteiger partial charge in [0.2, 0.25) is 5.91 Å². The maximum Gasteiger partial charge on any atom is 0.219 e. The molecule has 4 rings (SSSR count). The minimum atomic E-state index is 0.213. The van der Waals surface area contributed by atoms with Gasteiger partial charge in [-0.2, -0.15) is 0 Å². The van der Waals surface area contributed by atoms with Crippen LogP contribution in [0.4, 0.5) is 0 Å². The summed E-state index contributed by atoms with van der Waals surface area (Å²) in [4.78, 5) is 21.0. The van der Waals surface area contributed by atoms with Gasteiger partial charge in [0.05, 0.1) is 12.3 Å². The van der Waals surface area contributed by atoms with Gasteiger partial charge in [-0.25, -0.2) is 0 Å². The van der Waals surface area contributed by atoms with E-state index in [0.717, 1.165) is 76.1 Å². The Balaban J connectivity index is 1.42. The molecular formula is C22H33N3O2. The first-order chi connectivity index (χ1) is 13.0. The molecule has 1 amide bonds. The van der Waals surface area contributed by atoms with E-state index in [1.165, 1.54) is 12.8 Å². The molecule has 1 aromatic heterocycles. The largest absolute Gasteiger partial charge is 0.381 e. The van der Waals surface area contributed by atoms with E-state index in [-0.39, 0.29) is 5.91 Å². The second kappa shape index (κ2) is 7.88. The molecule has 0 radical (unpaired) electrons. The predicted octanol–water partition coefficient (Wildman–Crippen LogP) is 2.88. The van der Waals surface area contributed by atoms with E-state index < -0.39 is 0 Å². The van der Waals surface area contributed by atoms with Crippen LogP contribution in [0.15, 0.2) is 18.2 Å². The summed E-state index contributed by atoms with van der Waals surface area (Å²) in [5.41, 5.74) is 2.53. The van der Waals surface area contributed by atoms with Gasteiger partial charge < -0.3 is 9.64 Å². The summed E-state index contributed by atoms with van der Waals surface area (Å²) in [5, 5.41) is 0. The van der Waals surface area contributed by atoms with Gasteiger partial charge in [0, 0.05) is 57.9 Å². The number of hydrogen-bond donors (Lipinski definition) is 0. The summed E-state index contributed by atoms with van der Waals surface area (Å²) in [6, 6.07) is 6.29. The average Bonchev–Trinajstić information content (AvgIpc) is 3.40. The SMILES string of the molecule is CC(=O)N1CCC2(CC1)CN(Cc1cccc(C)n1)C[C@H]2COCC1CC1. The van der Waals surface area contributed by atoms with Crippen LogP contribution in [0.2, 0.25) is 0 Å². The number of rotatable bonds is 6. The van der Waals surface area contributed by atoms with Gasteiger partial charge >= 0.3 is 0 Å². The van der Waals surface area contributed by atoms with Gasteiger partial charge in [0.15, 0.2) is 0 Å². The minimum absolute atomic E-state index is 0.213. The molecule has 27 heavy (non-hydrogen) atoms. The van der Waals surface area contributed by atoms with Crippen LogP contribution in [0.5, 0.6) is 0 Å². The lowest BCUT2D eigenvalue weighted by Gasteiger charge is -2.42. The molecule has 3 aliphatic rings. The highest BCUT2D eigenvalue weighted by Gasteiger charge is 2.48. The van der Waals surface area contributed by atoms with Crippen molar-refractivity contribution in [3.63, 3.8) is 0 Å². The second-order valence-corrected chi connectivity index (χ2v) is 8.99. The Morgan fingerprint density at radius 3 is 2.70 bits per heavy atom. The van der Waals surface area contributed by atoms with E-state index in [1.54, 1.807) is 6.92 Å². The van der Waals surface area contributed by atoms with E-state index in [2.05, 4.69) is 30.0 Å². The predicted molar refractivity (Wildman–Crippen MR) is 105 cm³/mol. The summed E-state index contributed by atoms with van der Waals surface area (Å²) in [6.45, 7) is 10.4. The van der Waals surface area contributed by atoms with Crippen molar-refractivity contribution in [1.29, 1.82) is 0 Å². The van der Waals surface area contributed by atoms with Crippen molar-refractivity contribution >= 4 is 5.91 Å². The number of nitrogens with zero attached hydrogens (tertiary/aromatic N) is 3. The van der Waals surface area contributed by atoms with Gasteiger partial charge in [0.1, 0.15) is 0 Å². The summed E-state index contributed by atoms with van der Waals surface area (Å²) in [7, 11) is 0. The number of ether oxygens (including phenoxy) is 1. The molecular weight excluding hydrogens is 338 g/mol. The number of hydrogen-bond acceptors (Lipinski definition) is 4. The fourth-order valence-electron chi connectivity index (χ4n) is 4.91. The molecule has 148 valence electrons. The molecule has 3 heterocycles. The topological polar surface area (TPSA) is 45.7 Å². The van der Waals surface area contributed by atoms with Crippen LogP contribution in [0.3, 0.4) is 0 Å². The monoisotopic (exact) mass is 371 g/mol. The molecule has 1 aliphatic carbocycles. The zero-order chi connectivity index (χ0) is 18.9. The standard InChI is InChI=1S/C22H33N3O2/c1-17-4-3-5-21(23-17)13-24-12-20(15-27-14-19-6-7-19)22(16-24)8-10-25(11-9-22)18(2)26/h3-5,19-20H,6-16H2,1-2H3/t20-/m0/s1. The number of aromatic nitrogens is 1. The van der Waals surface area contributed by atoms with Crippen molar-refractivity contribution in [3.05, 3.63) is 29.6 Å². The third-order valence-corrected chi connectivity index (χ3v) is 6.79. The smallest absolute Gasteiger partial charge is 0.219 e. The number of aryl methyl sites for hydroxylation is 1. The molecule has 0 aromatic carbocycles. The fraction of sp³-hybridized carbons (Fsp3) is 0.727. The molecule has 5 nitrogen and oxygen atoms in total. The highest BCUT2D eigenvalue weighted by Crippen LogP contribution is 2.45. The van der Waals surface area contributed by atoms with Crippen LogP contribution in [0, 0.1) is 24.2 Å². The molecule has 5 heteroatoms. The first kappa shape index (κ1) is 18.9. The Labute approximate surface area is 163 Å². The number of likely N-dealkylation sites (tertiary alicyclic amines) is 2. The van der Waals surface area contributed by atoms with Crippen molar-refractivity contribution in [1.82, 2.24) is 14.8 Å². The Bertz CT molecular complexity index is 665. The normalized spacial score (nSPS) is 25.3. The lowest BCUT2D eigenvalue weighted by Crippen LogP contribution is -2.46. The average molecular weight is 372 g/mol. The van der Waals surface area contributed by atoms with Crippen LogP contribution in [0.25, 0.3) is 0 Å². The molecule has 2 aliphatic heterocycles. The summed E-state index contributed by atoms with van der Waals surface area (Å²) in [6.07, 6.45) is 4.88. The molecule has 0 unspecified atom stereocenters. The third-order valence-electron chi connectivity index (χ3n) is 6.79. The van der Waals surface area contributed by atoms with E-state index >= 15 is 0 Å². The Morgan fingerprint density at radius 2 is 2.04 bits per heavy atom. The zero-order valence-corrected chi connectivity index (χ0v) is 16.8. The van der Waals surface area contributed by atoms with Gasteiger partial charge in [-0.05, 0) is 56.1 Å². The van der Waals surface area contributed by atoms with Gasteiger partial charge in [-0.15, -0.1) is 0 Å². The van der Waals surface area contributed by atoms with Crippen molar-refractivity contribution < 1.29 is 9.53 Å². The van der Waals surface area contributed by atoms with Crippen molar-refractivity contribution in [2.75, 3.05) is 39.4 Å². The molecule has 2 saturated heterocycles. The summed E-state index contributed by atoms with van der Waals surface area (Å²) >= 11 is 0. The quantitative estimate of drug-likeness (QED) is 0.771. The van der Waals surface area contributed by atoms with Gasteiger partial charge in [-0.1, -0.05) is 6.07 Å². The highest BCUT2D eigenvalue weighted by atomic mass is 16.5. The van der Waals surface area contributed by atoms with Crippen LogP contribution >= 0.6 is 0 Å². The maximum absolute atomic E-state index is 11.8. The van der Waals surface area contributed by atoms with E-state index in [0.29, 0.717) is 11.3 Å². The van der Waals surface area contributed by atoms with Crippen molar-refractivity contribution in [2.45, 2.75) is 46.1 Å². The van der Waals surface area contributed by atoms with E-state index in [1.807, 2.05) is 4.90 Å². The molecule has 1 aromatic rings. The van der Waals surface area contributed by atoms with Crippen LogP contribution in [-0.4, -0.2) is 60.1 Å². The van der Waals surface area contributed by atoms with Crippen LogP contribution in [0.1, 0.15) is 44.0 Å². The summed E-state index contributed by atoms with van der Waals surface area (Å²) in [5.74, 6) is 1.59. The lowest BCUT2D eigenvalue weighted by molar-refractivity contribution is -0.131. The van der Waals surface area contributed by atoms with Gasteiger partial charge in [-0.3, -0.25) is 14.7 Å². The molecule has 1 spiro atoms. The Morgan fingerprint density at radius 1 is 1.26 bits per heavy atom. The Hall–Kier alpha value is -1.46. The zero-order valence-electron chi connectivity index (χ0n) is 16.8. The molecule has 1 atom stereocenters.